The quantitative estimate of drug-likeness (QED) is 0.817. The molecule has 1 atom stereocenters. The molecule has 0 saturated heterocycles. The van der Waals surface area contributed by atoms with Gasteiger partial charge in [0.15, 0.2) is 0 Å². The van der Waals surface area contributed by atoms with Gasteiger partial charge in [-0.05, 0) is 46.2 Å². The molecule has 0 aliphatic carbocycles. The van der Waals surface area contributed by atoms with Gasteiger partial charge in [0.05, 0.1) is 12.6 Å². The van der Waals surface area contributed by atoms with E-state index in [0.29, 0.717) is 6.54 Å². The number of aryl methyl sites for hydroxylation is 1. The van der Waals surface area contributed by atoms with E-state index in [9.17, 15) is 4.79 Å². The third kappa shape index (κ3) is 4.53. The summed E-state index contributed by atoms with van der Waals surface area (Å²) in [6.45, 7) is 10.4. The number of rotatable bonds is 6. The van der Waals surface area contributed by atoms with Crippen molar-refractivity contribution in [2.45, 2.75) is 59.2 Å². The van der Waals surface area contributed by atoms with Crippen LogP contribution in [0.4, 0.5) is 0 Å². The van der Waals surface area contributed by atoms with Crippen LogP contribution in [-0.2, 0) is 11.3 Å². The Morgan fingerprint density at radius 3 is 2.61 bits per heavy atom. The van der Waals surface area contributed by atoms with Gasteiger partial charge < -0.3 is 9.73 Å². The molecule has 0 aliphatic rings. The number of carbonyl (C=O) groups excluding carboxylic acids is 1. The van der Waals surface area contributed by atoms with E-state index in [0.717, 1.165) is 17.9 Å². The maximum Gasteiger partial charge on any atom is 0.237 e. The van der Waals surface area contributed by atoms with Gasteiger partial charge in [0.25, 0.3) is 0 Å². The molecule has 0 saturated carbocycles. The van der Waals surface area contributed by atoms with Crippen LogP contribution in [0.15, 0.2) is 16.5 Å². The lowest BCUT2D eigenvalue weighted by Crippen LogP contribution is -2.50. The van der Waals surface area contributed by atoms with Crippen LogP contribution in [-0.4, -0.2) is 17.5 Å². The van der Waals surface area contributed by atoms with Crippen LogP contribution in [0.2, 0.25) is 0 Å². The number of hydrogen-bond donors (Lipinski definition) is 2. The Hall–Kier alpha value is -1.29. The van der Waals surface area contributed by atoms with Crippen molar-refractivity contribution in [1.29, 1.82) is 0 Å². The first kappa shape index (κ1) is 14.8. The van der Waals surface area contributed by atoms with Gasteiger partial charge in [0.1, 0.15) is 11.5 Å². The van der Waals surface area contributed by atoms with Crippen molar-refractivity contribution in [3.63, 3.8) is 0 Å². The van der Waals surface area contributed by atoms with Crippen molar-refractivity contribution in [3.8, 4) is 0 Å². The van der Waals surface area contributed by atoms with Gasteiger partial charge in [-0.1, -0.05) is 6.92 Å². The van der Waals surface area contributed by atoms with Gasteiger partial charge in [-0.15, -0.1) is 0 Å². The lowest BCUT2D eigenvalue weighted by atomic mass is 10.0. The molecule has 1 heterocycles. The Morgan fingerprint density at radius 2 is 2.11 bits per heavy atom. The van der Waals surface area contributed by atoms with Gasteiger partial charge in [0, 0.05) is 5.54 Å². The SMILES string of the molecule is CCC(C)(C)NC(=O)C(C)NCc1ccc(C)o1. The molecule has 1 unspecified atom stereocenters. The summed E-state index contributed by atoms with van der Waals surface area (Å²) in [7, 11) is 0. The molecule has 0 fully saturated rings. The molecule has 1 aromatic heterocycles. The molecule has 0 aromatic carbocycles. The fraction of sp³-hybridized carbons (Fsp3) is 0.643. The topological polar surface area (TPSA) is 54.3 Å². The number of carbonyl (C=O) groups is 1. The minimum absolute atomic E-state index is 0.0186. The highest BCUT2D eigenvalue weighted by Gasteiger charge is 2.21. The molecule has 0 spiro atoms. The van der Waals surface area contributed by atoms with Gasteiger partial charge in [-0.2, -0.15) is 0 Å². The monoisotopic (exact) mass is 252 g/mol. The molecule has 1 amide bonds. The Morgan fingerprint density at radius 1 is 1.44 bits per heavy atom. The van der Waals surface area contributed by atoms with Gasteiger partial charge in [-0.3, -0.25) is 10.1 Å². The van der Waals surface area contributed by atoms with E-state index < -0.39 is 0 Å². The van der Waals surface area contributed by atoms with Crippen molar-refractivity contribution in [2.75, 3.05) is 0 Å². The molecule has 0 bridgehead atoms. The molecule has 1 rings (SSSR count). The highest BCUT2D eigenvalue weighted by atomic mass is 16.3. The van der Waals surface area contributed by atoms with Crippen LogP contribution in [0.1, 0.15) is 45.6 Å². The molecule has 102 valence electrons. The van der Waals surface area contributed by atoms with Crippen molar-refractivity contribution >= 4 is 5.91 Å². The molecular weight excluding hydrogens is 228 g/mol. The number of hydrogen-bond acceptors (Lipinski definition) is 3. The summed E-state index contributed by atoms with van der Waals surface area (Å²) < 4.78 is 5.44. The van der Waals surface area contributed by atoms with Gasteiger partial charge in [0.2, 0.25) is 5.91 Å². The minimum atomic E-state index is -0.235. The first-order chi connectivity index (χ1) is 8.34. The maximum atomic E-state index is 11.9. The smallest absolute Gasteiger partial charge is 0.237 e. The highest BCUT2D eigenvalue weighted by Crippen LogP contribution is 2.08. The van der Waals surface area contributed by atoms with Crippen LogP contribution in [0.3, 0.4) is 0 Å². The van der Waals surface area contributed by atoms with E-state index in [1.54, 1.807) is 0 Å². The summed E-state index contributed by atoms with van der Waals surface area (Å²) in [5.41, 5.74) is -0.158. The van der Waals surface area contributed by atoms with Crippen LogP contribution in [0.25, 0.3) is 0 Å². The molecule has 1 aromatic rings. The molecule has 0 aliphatic heterocycles. The number of nitrogens with one attached hydrogen (secondary N) is 2. The molecular formula is C14H24N2O2. The summed E-state index contributed by atoms with van der Waals surface area (Å²) in [6, 6.07) is 3.60. The van der Waals surface area contributed by atoms with Crippen LogP contribution >= 0.6 is 0 Å². The average Bonchev–Trinajstić information content (AvgIpc) is 2.71. The molecule has 0 radical (unpaired) electrons. The highest BCUT2D eigenvalue weighted by molar-refractivity contribution is 5.81. The normalized spacial score (nSPS) is 13.4. The van der Waals surface area contributed by atoms with E-state index in [-0.39, 0.29) is 17.5 Å². The average molecular weight is 252 g/mol. The zero-order chi connectivity index (χ0) is 13.8. The number of amides is 1. The van der Waals surface area contributed by atoms with Gasteiger partial charge >= 0.3 is 0 Å². The summed E-state index contributed by atoms with van der Waals surface area (Å²) in [6.07, 6.45) is 0.906. The lowest BCUT2D eigenvalue weighted by Gasteiger charge is -2.26. The maximum absolute atomic E-state index is 11.9. The van der Waals surface area contributed by atoms with E-state index in [4.69, 9.17) is 4.42 Å². The van der Waals surface area contributed by atoms with Crippen LogP contribution in [0.5, 0.6) is 0 Å². The summed E-state index contributed by atoms with van der Waals surface area (Å²) in [4.78, 5) is 11.9. The second-order valence-electron chi connectivity index (χ2n) is 5.34. The predicted octanol–water partition coefficient (Wildman–Crippen LogP) is 2.37. The largest absolute Gasteiger partial charge is 0.465 e. The fourth-order valence-corrected chi connectivity index (χ4v) is 1.46. The minimum Gasteiger partial charge on any atom is -0.465 e. The van der Waals surface area contributed by atoms with E-state index in [1.807, 2.05) is 39.8 Å². The Kier molecular flexibility index (Phi) is 4.96. The van der Waals surface area contributed by atoms with Crippen LogP contribution < -0.4 is 10.6 Å². The number of furan rings is 1. The third-order valence-corrected chi connectivity index (χ3v) is 3.12. The van der Waals surface area contributed by atoms with Crippen molar-refractivity contribution < 1.29 is 9.21 Å². The standard InChI is InChI=1S/C14H24N2O2/c1-6-14(4,5)16-13(17)11(3)15-9-12-8-7-10(2)18-12/h7-8,11,15H,6,9H2,1-5H3,(H,16,17). The first-order valence-electron chi connectivity index (χ1n) is 6.45. The summed E-state index contributed by atoms with van der Waals surface area (Å²) in [5.74, 6) is 1.75. The third-order valence-electron chi connectivity index (χ3n) is 3.12. The van der Waals surface area contributed by atoms with Gasteiger partial charge in [-0.25, -0.2) is 0 Å². The van der Waals surface area contributed by atoms with Crippen molar-refractivity contribution in [1.82, 2.24) is 10.6 Å². The zero-order valence-corrected chi connectivity index (χ0v) is 12.0. The lowest BCUT2D eigenvalue weighted by molar-refractivity contribution is -0.124. The van der Waals surface area contributed by atoms with Crippen molar-refractivity contribution in [2.24, 2.45) is 0 Å². The second-order valence-corrected chi connectivity index (χ2v) is 5.34. The molecule has 2 N–H and O–H groups in total. The van der Waals surface area contributed by atoms with Crippen LogP contribution in [0, 0.1) is 6.92 Å². The zero-order valence-electron chi connectivity index (χ0n) is 12.0. The fourth-order valence-electron chi connectivity index (χ4n) is 1.46. The summed E-state index contributed by atoms with van der Waals surface area (Å²) >= 11 is 0. The second kappa shape index (κ2) is 6.05. The Labute approximate surface area is 109 Å². The van der Waals surface area contributed by atoms with E-state index >= 15 is 0 Å². The first-order valence-corrected chi connectivity index (χ1v) is 6.45. The van der Waals surface area contributed by atoms with Crippen molar-refractivity contribution in [3.05, 3.63) is 23.7 Å². The predicted molar refractivity (Wildman–Crippen MR) is 72.3 cm³/mol. The Balaban J connectivity index is 2.41. The molecule has 4 nitrogen and oxygen atoms in total. The summed E-state index contributed by atoms with van der Waals surface area (Å²) in [5, 5.41) is 6.17. The van der Waals surface area contributed by atoms with E-state index in [1.165, 1.54) is 0 Å². The molecule has 4 heteroatoms. The Bertz CT molecular complexity index is 396. The molecule has 18 heavy (non-hydrogen) atoms. The van der Waals surface area contributed by atoms with E-state index in [2.05, 4.69) is 17.6 Å².